The maximum atomic E-state index is 12.3. The van der Waals surface area contributed by atoms with Gasteiger partial charge in [0.15, 0.2) is 5.03 Å². The molecule has 32 heavy (non-hydrogen) atoms. The number of hydrogen-bond acceptors (Lipinski definition) is 5. The summed E-state index contributed by atoms with van der Waals surface area (Å²) in [5.74, 6) is 0.758. The number of rotatable bonds is 8. The van der Waals surface area contributed by atoms with Gasteiger partial charge >= 0.3 is 0 Å². The molecule has 0 amide bonds. The van der Waals surface area contributed by atoms with Crippen LogP contribution in [0.1, 0.15) is 29.2 Å². The van der Waals surface area contributed by atoms with Crippen molar-refractivity contribution in [3.8, 4) is 5.75 Å². The third-order valence-corrected chi connectivity index (χ3v) is 7.20. The summed E-state index contributed by atoms with van der Waals surface area (Å²) < 4.78 is 34.6. The standard InChI is InChI=1S/C24H30N4O3S/c1-27-17-24(25-18-27)32(29,30)26-12-14-31-21-11-10-20-9-6-13-28(2)23(22(20)16-21)15-19-7-4-3-5-8-19/h3-5,7-8,10-11,16-18,23,26H,6,9,12-15H2,1-2H3. The van der Waals surface area contributed by atoms with Gasteiger partial charge in [0.05, 0.1) is 6.33 Å². The zero-order valence-corrected chi connectivity index (χ0v) is 19.4. The third-order valence-electron chi connectivity index (χ3n) is 5.86. The first-order chi connectivity index (χ1) is 15.4. The lowest BCUT2D eigenvalue weighted by molar-refractivity contribution is 0.248. The van der Waals surface area contributed by atoms with E-state index in [2.05, 4.69) is 58.1 Å². The molecule has 0 aliphatic carbocycles. The summed E-state index contributed by atoms with van der Waals surface area (Å²) in [6, 6.07) is 17.1. The average molecular weight is 455 g/mol. The van der Waals surface area contributed by atoms with Gasteiger partial charge in [-0.2, -0.15) is 0 Å². The Morgan fingerprint density at radius 2 is 1.97 bits per heavy atom. The van der Waals surface area contributed by atoms with E-state index in [4.69, 9.17) is 4.74 Å². The Balaban J connectivity index is 1.43. The summed E-state index contributed by atoms with van der Waals surface area (Å²) >= 11 is 0. The van der Waals surface area contributed by atoms with Gasteiger partial charge in [0, 0.05) is 25.8 Å². The molecule has 7 nitrogen and oxygen atoms in total. The molecule has 170 valence electrons. The van der Waals surface area contributed by atoms with Crippen LogP contribution in [0, 0.1) is 0 Å². The maximum Gasteiger partial charge on any atom is 0.259 e. The number of aryl methyl sites for hydroxylation is 2. The smallest absolute Gasteiger partial charge is 0.259 e. The molecule has 1 atom stereocenters. The number of sulfonamides is 1. The van der Waals surface area contributed by atoms with Gasteiger partial charge in [0.25, 0.3) is 10.0 Å². The van der Waals surface area contributed by atoms with E-state index in [1.165, 1.54) is 29.2 Å². The second kappa shape index (κ2) is 9.85. The highest BCUT2D eigenvalue weighted by Crippen LogP contribution is 2.33. The number of hydrogen-bond donors (Lipinski definition) is 1. The molecule has 0 spiro atoms. The Hall–Kier alpha value is -2.68. The molecule has 1 N–H and O–H groups in total. The fourth-order valence-electron chi connectivity index (χ4n) is 4.16. The van der Waals surface area contributed by atoms with Gasteiger partial charge in [-0.05, 0) is 61.7 Å². The normalized spacial score (nSPS) is 17.0. The van der Waals surface area contributed by atoms with Crippen molar-refractivity contribution in [1.82, 2.24) is 19.2 Å². The van der Waals surface area contributed by atoms with Gasteiger partial charge < -0.3 is 9.30 Å². The van der Waals surface area contributed by atoms with Crippen LogP contribution < -0.4 is 9.46 Å². The van der Waals surface area contributed by atoms with Crippen LogP contribution in [-0.4, -0.2) is 49.6 Å². The lowest BCUT2D eigenvalue weighted by Gasteiger charge is -2.28. The molecule has 1 aliphatic rings. The number of fused-ring (bicyclic) bond motifs is 1. The van der Waals surface area contributed by atoms with Gasteiger partial charge in [-0.15, -0.1) is 0 Å². The Morgan fingerprint density at radius 3 is 2.72 bits per heavy atom. The van der Waals surface area contributed by atoms with Crippen LogP contribution in [0.15, 0.2) is 66.1 Å². The van der Waals surface area contributed by atoms with Crippen molar-refractivity contribution >= 4 is 10.0 Å². The Labute approximate surface area is 190 Å². The van der Waals surface area contributed by atoms with Crippen molar-refractivity contribution in [2.75, 3.05) is 26.7 Å². The van der Waals surface area contributed by atoms with Gasteiger partial charge in [0.1, 0.15) is 12.4 Å². The van der Waals surface area contributed by atoms with Crippen molar-refractivity contribution in [2.45, 2.75) is 30.3 Å². The summed E-state index contributed by atoms with van der Waals surface area (Å²) in [4.78, 5) is 6.32. The predicted molar refractivity (Wildman–Crippen MR) is 124 cm³/mol. The molecule has 1 unspecified atom stereocenters. The van der Waals surface area contributed by atoms with Crippen molar-refractivity contribution in [1.29, 1.82) is 0 Å². The second-order valence-corrected chi connectivity index (χ2v) is 9.99. The zero-order valence-electron chi connectivity index (χ0n) is 18.6. The Morgan fingerprint density at radius 1 is 1.16 bits per heavy atom. The summed E-state index contributed by atoms with van der Waals surface area (Å²) in [7, 11) is 0.283. The molecular weight excluding hydrogens is 424 g/mol. The van der Waals surface area contributed by atoms with Crippen LogP contribution in [-0.2, 0) is 29.9 Å². The predicted octanol–water partition coefficient (Wildman–Crippen LogP) is 2.94. The van der Waals surface area contributed by atoms with Crippen molar-refractivity contribution in [3.63, 3.8) is 0 Å². The number of likely N-dealkylation sites (N-methyl/N-ethyl adjacent to an activating group) is 1. The van der Waals surface area contributed by atoms with E-state index in [1.54, 1.807) is 11.6 Å². The number of aromatic nitrogens is 2. The lowest BCUT2D eigenvalue weighted by atomic mass is 9.93. The fourth-order valence-corrected chi connectivity index (χ4v) is 5.15. The quantitative estimate of drug-likeness (QED) is 0.530. The summed E-state index contributed by atoms with van der Waals surface area (Å²) in [5, 5.41) is 0.0109. The first-order valence-electron chi connectivity index (χ1n) is 10.9. The third kappa shape index (κ3) is 5.38. The van der Waals surface area contributed by atoms with Gasteiger partial charge in [-0.1, -0.05) is 36.4 Å². The molecule has 3 aromatic rings. The van der Waals surface area contributed by atoms with E-state index >= 15 is 0 Å². The van der Waals surface area contributed by atoms with Crippen LogP contribution in [0.3, 0.4) is 0 Å². The largest absolute Gasteiger partial charge is 0.492 e. The van der Waals surface area contributed by atoms with Crippen LogP contribution in [0.25, 0.3) is 0 Å². The number of nitrogens with zero attached hydrogens (tertiary/aromatic N) is 3. The minimum atomic E-state index is -3.63. The van der Waals surface area contributed by atoms with Crippen LogP contribution >= 0.6 is 0 Å². The minimum absolute atomic E-state index is 0.0109. The molecule has 8 heteroatoms. The molecule has 0 saturated carbocycles. The first kappa shape index (κ1) is 22.5. The molecular formula is C24H30N4O3S. The van der Waals surface area contributed by atoms with Gasteiger partial charge in [0.2, 0.25) is 0 Å². The topological polar surface area (TPSA) is 76.5 Å². The van der Waals surface area contributed by atoms with E-state index < -0.39 is 10.0 Å². The molecule has 0 radical (unpaired) electrons. The van der Waals surface area contributed by atoms with Crippen molar-refractivity contribution in [2.24, 2.45) is 7.05 Å². The zero-order chi connectivity index (χ0) is 22.6. The van der Waals surface area contributed by atoms with Crippen LogP contribution in [0.4, 0.5) is 0 Å². The monoisotopic (exact) mass is 454 g/mol. The molecule has 0 saturated heterocycles. The Kier molecular flexibility index (Phi) is 6.93. The van der Waals surface area contributed by atoms with Gasteiger partial charge in [-0.3, -0.25) is 4.90 Å². The number of ether oxygens (including phenoxy) is 1. The molecule has 1 aromatic heterocycles. The van der Waals surface area contributed by atoms with Crippen molar-refractivity contribution < 1.29 is 13.2 Å². The van der Waals surface area contributed by atoms with E-state index in [-0.39, 0.29) is 24.2 Å². The summed E-state index contributed by atoms with van der Waals surface area (Å²) in [6.45, 7) is 1.46. The number of nitrogens with one attached hydrogen (secondary N) is 1. The maximum absolute atomic E-state index is 12.3. The number of benzene rings is 2. The fraction of sp³-hybridized carbons (Fsp3) is 0.375. The van der Waals surface area contributed by atoms with Gasteiger partial charge in [-0.25, -0.2) is 18.1 Å². The average Bonchev–Trinajstić information content (AvgIpc) is 3.17. The first-order valence-corrected chi connectivity index (χ1v) is 12.4. The SMILES string of the molecule is CN1CCCc2ccc(OCCNS(=O)(=O)c3cn(C)cn3)cc2C1Cc1ccccc1. The van der Waals surface area contributed by atoms with Crippen LogP contribution in [0.2, 0.25) is 0 Å². The molecule has 4 rings (SSSR count). The second-order valence-electron chi connectivity index (χ2n) is 8.27. The highest BCUT2D eigenvalue weighted by atomic mass is 32.2. The Bertz CT molecular complexity index is 1150. The van der Waals surface area contributed by atoms with Crippen molar-refractivity contribution in [3.05, 3.63) is 77.7 Å². The van der Waals surface area contributed by atoms with E-state index in [1.807, 2.05) is 12.1 Å². The molecule has 0 fully saturated rings. The molecule has 0 bridgehead atoms. The van der Waals surface area contributed by atoms with E-state index in [0.717, 1.165) is 31.6 Å². The highest BCUT2D eigenvalue weighted by molar-refractivity contribution is 7.89. The van der Waals surface area contributed by atoms with E-state index in [0.29, 0.717) is 0 Å². The summed E-state index contributed by atoms with van der Waals surface area (Å²) in [5.41, 5.74) is 3.96. The highest BCUT2D eigenvalue weighted by Gasteiger charge is 2.24. The summed E-state index contributed by atoms with van der Waals surface area (Å²) in [6.07, 6.45) is 6.06. The molecule has 2 aromatic carbocycles. The minimum Gasteiger partial charge on any atom is -0.492 e. The van der Waals surface area contributed by atoms with Crippen LogP contribution in [0.5, 0.6) is 5.75 Å². The lowest BCUT2D eigenvalue weighted by Crippen LogP contribution is -2.28. The molecule has 2 heterocycles. The van der Waals surface area contributed by atoms with E-state index in [9.17, 15) is 8.42 Å². The number of imidazole rings is 1. The molecule has 1 aliphatic heterocycles.